The molecule has 7 nitrogen and oxygen atoms in total. The van der Waals surface area contributed by atoms with Crippen molar-refractivity contribution < 1.29 is 18.8 Å². The molecule has 0 radical (unpaired) electrons. The monoisotopic (exact) mass is 345 g/mol. The first-order valence-corrected chi connectivity index (χ1v) is 8.27. The number of nitrogens with zero attached hydrogens (tertiary/aromatic N) is 2. The van der Waals surface area contributed by atoms with Gasteiger partial charge >= 0.3 is 6.03 Å². The van der Waals surface area contributed by atoms with E-state index in [2.05, 4.69) is 10.5 Å². The Hall–Kier alpha value is -2.70. The third kappa shape index (κ3) is 3.26. The van der Waals surface area contributed by atoms with Crippen molar-refractivity contribution in [2.75, 3.05) is 26.1 Å². The second-order valence-corrected chi connectivity index (χ2v) is 6.09. The van der Waals surface area contributed by atoms with Gasteiger partial charge in [-0.1, -0.05) is 5.16 Å². The van der Waals surface area contributed by atoms with Gasteiger partial charge in [-0.3, -0.25) is 0 Å². The summed E-state index contributed by atoms with van der Waals surface area (Å²) in [5.74, 6) is 2.00. The second kappa shape index (κ2) is 7.04. The van der Waals surface area contributed by atoms with E-state index in [1.54, 1.807) is 32.4 Å². The predicted octanol–water partition coefficient (Wildman–Crippen LogP) is 3.68. The Balaban J connectivity index is 1.81. The van der Waals surface area contributed by atoms with E-state index in [1.165, 1.54) is 0 Å². The van der Waals surface area contributed by atoms with Crippen LogP contribution >= 0.6 is 0 Å². The highest BCUT2D eigenvalue weighted by molar-refractivity contribution is 5.91. The quantitative estimate of drug-likeness (QED) is 0.915. The maximum atomic E-state index is 12.8. The van der Waals surface area contributed by atoms with Gasteiger partial charge in [0.05, 0.1) is 31.6 Å². The van der Waals surface area contributed by atoms with Crippen LogP contribution in [0.1, 0.15) is 35.9 Å². The number of carbonyl (C=O) groups is 1. The number of methoxy groups -OCH3 is 2. The number of aryl methyl sites for hydroxylation is 2. The van der Waals surface area contributed by atoms with E-state index in [-0.39, 0.29) is 12.1 Å². The fourth-order valence-corrected chi connectivity index (χ4v) is 3.36. The largest absolute Gasteiger partial charge is 0.497 e. The molecule has 1 aliphatic rings. The first kappa shape index (κ1) is 17.1. The Bertz CT molecular complexity index is 752. The second-order valence-electron chi connectivity index (χ2n) is 6.09. The Morgan fingerprint density at radius 2 is 2.12 bits per heavy atom. The van der Waals surface area contributed by atoms with Crippen LogP contribution in [0.4, 0.5) is 10.5 Å². The van der Waals surface area contributed by atoms with Crippen LogP contribution in [-0.2, 0) is 0 Å². The molecule has 1 aliphatic heterocycles. The van der Waals surface area contributed by atoms with E-state index in [0.29, 0.717) is 23.7 Å². The fraction of sp³-hybridized carbons (Fsp3) is 0.444. The van der Waals surface area contributed by atoms with Crippen molar-refractivity contribution in [3.63, 3.8) is 0 Å². The lowest BCUT2D eigenvalue weighted by atomic mass is 10.0. The Kier molecular flexibility index (Phi) is 4.83. The van der Waals surface area contributed by atoms with Crippen LogP contribution in [0.2, 0.25) is 0 Å². The molecule has 2 amide bonds. The Morgan fingerprint density at radius 1 is 1.32 bits per heavy atom. The van der Waals surface area contributed by atoms with E-state index in [9.17, 15) is 4.79 Å². The summed E-state index contributed by atoms with van der Waals surface area (Å²) in [4.78, 5) is 14.7. The maximum absolute atomic E-state index is 12.8. The minimum Gasteiger partial charge on any atom is -0.497 e. The SMILES string of the molecule is COc1ccc(NC(=O)N2CCCC2c2c(C)noc2C)c(OC)c1. The lowest BCUT2D eigenvalue weighted by molar-refractivity contribution is 0.206. The third-order valence-electron chi connectivity index (χ3n) is 4.59. The number of urea groups is 1. The first-order chi connectivity index (χ1) is 12.0. The van der Waals surface area contributed by atoms with Crippen molar-refractivity contribution in [2.24, 2.45) is 0 Å². The maximum Gasteiger partial charge on any atom is 0.322 e. The lowest BCUT2D eigenvalue weighted by Crippen LogP contribution is -2.34. The topological polar surface area (TPSA) is 76.8 Å². The van der Waals surface area contributed by atoms with Gasteiger partial charge in [0.2, 0.25) is 0 Å². The highest BCUT2D eigenvalue weighted by Gasteiger charge is 2.34. The van der Waals surface area contributed by atoms with Crippen LogP contribution in [0.15, 0.2) is 22.7 Å². The Morgan fingerprint density at radius 3 is 2.76 bits per heavy atom. The molecule has 1 aromatic carbocycles. The predicted molar refractivity (Wildman–Crippen MR) is 93.2 cm³/mol. The molecule has 0 saturated carbocycles. The molecule has 25 heavy (non-hydrogen) atoms. The number of amides is 2. The molecule has 7 heteroatoms. The van der Waals surface area contributed by atoms with Gasteiger partial charge in [0.1, 0.15) is 17.3 Å². The molecule has 0 spiro atoms. The minimum atomic E-state index is -0.161. The molecule has 0 bridgehead atoms. The number of hydrogen-bond acceptors (Lipinski definition) is 5. The number of rotatable bonds is 4. The van der Waals surface area contributed by atoms with E-state index in [0.717, 1.165) is 29.9 Å². The molecule has 1 atom stereocenters. The van der Waals surface area contributed by atoms with Crippen LogP contribution in [-0.4, -0.2) is 36.9 Å². The molecule has 3 rings (SSSR count). The first-order valence-electron chi connectivity index (χ1n) is 8.27. The number of hydrogen-bond donors (Lipinski definition) is 1. The number of aromatic nitrogens is 1. The van der Waals surface area contributed by atoms with Gasteiger partial charge in [-0.2, -0.15) is 0 Å². The van der Waals surface area contributed by atoms with Crippen LogP contribution in [0.25, 0.3) is 0 Å². The molecule has 1 N–H and O–H groups in total. The zero-order valence-electron chi connectivity index (χ0n) is 15.0. The van der Waals surface area contributed by atoms with E-state index < -0.39 is 0 Å². The van der Waals surface area contributed by atoms with Crippen molar-refractivity contribution in [3.05, 3.63) is 35.2 Å². The summed E-state index contributed by atoms with van der Waals surface area (Å²) < 4.78 is 15.8. The summed E-state index contributed by atoms with van der Waals surface area (Å²) in [7, 11) is 3.15. The van der Waals surface area contributed by atoms with Crippen molar-refractivity contribution in [1.29, 1.82) is 0 Å². The highest BCUT2D eigenvalue weighted by atomic mass is 16.5. The number of anilines is 1. The summed E-state index contributed by atoms with van der Waals surface area (Å²) >= 11 is 0. The Labute approximate surface area is 146 Å². The number of carbonyl (C=O) groups excluding carboxylic acids is 1. The smallest absolute Gasteiger partial charge is 0.322 e. The molecule has 1 aromatic heterocycles. The average Bonchev–Trinajstić information content (AvgIpc) is 3.21. The number of benzene rings is 1. The summed E-state index contributed by atoms with van der Waals surface area (Å²) in [6, 6.07) is 5.12. The van der Waals surface area contributed by atoms with E-state index in [1.807, 2.05) is 18.7 Å². The molecule has 2 heterocycles. The van der Waals surface area contributed by atoms with E-state index in [4.69, 9.17) is 14.0 Å². The van der Waals surface area contributed by atoms with Gasteiger partial charge in [-0.25, -0.2) is 4.79 Å². The zero-order chi connectivity index (χ0) is 18.0. The molecule has 1 saturated heterocycles. The summed E-state index contributed by atoms with van der Waals surface area (Å²) in [6.07, 6.45) is 1.85. The van der Waals surface area contributed by atoms with Crippen molar-refractivity contribution >= 4 is 11.7 Å². The molecular weight excluding hydrogens is 322 g/mol. The molecule has 1 unspecified atom stereocenters. The summed E-state index contributed by atoms with van der Waals surface area (Å²) in [5, 5.41) is 6.96. The highest BCUT2D eigenvalue weighted by Crippen LogP contribution is 2.36. The zero-order valence-corrected chi connectivity index (χ0v) is 15.0. The van der Waals surface area contributed by atoms with Gasteiger partial charge in [0.15, 0.2) is 0 Å². The van der Waals surface area contributed by atoms with Gasteiger partial charge < -0.3 is 24.2 Å². The molecule has 1 fully saturated rings. The molecule has 0 aliphatic carbocycles. The van der Waals surface area contributed by atoms with Crippen molar-refractivity contribution in [3.8, 4) is 11.5 Å². The van der Waals surface area contributed by atoms with Gasteiger partial charge in [-0.15, -0.1) is 0 Å². The number of likely N-dealkylation sites (tertiary alicyclic amines) is 1. The number of ether oxygens (including phenoxy) is 2. The van der Waals surface area contributed by atoms with Crippen LogP contribution in [0.3, 0.4) is 0 Å². The van der Waals surface area contributed by atoms with Crippen molar-refractivity contribution in [1.82, 2.24) is 10.1 Å². The summed E-state index contributed by atoms with van der Waals surface area (Å²) in [6.45, 7) is 4.49. The van der Waals surface area contributed by atoms with Crippen LogP contribution in [0.5, 0.6) is 11.5 Å². The number of nitrogens with one attached hydrogen (secondary N) is 1. The third-order valence-corrected chi connectivity index (χ3v) is 4.59. The van der Waals surface area contributed by atoms with Crippen LogP contribution in [0, 0.1) is 13.8 Å². The molecule has 134 valence electrons. The van der Waals surface area contributed by atoms with Gasteiger partial charge in [0, 0.05) is 18.2 Å². The normalized spacial score (nSPS) is 16.8. The fourth-order valence-electron chi connectivity index (χ4n) is 3.36. The molecule has 2 aromatic rings. The summed E-state index contributed by atoms with van der Waals surface area (Å²) in [5.41, 5.74) is 2.45. The average molecular weight is 345 g/mol. The van der Waals surface area contributed by atoms with Crippen molar-refractivity contribution in [2.45, 2.75) is 32.7 Å². The minimum absolute atomic E-state index is 0.0181. The lowest BCUT2D eigenvalue weighted by Gasteiger charge is -2.25. The van der Waals surface area contributed by atoms with Gasteiger partial charge in [-0.05, 0) is 38.8 Å². The standard InChI is InChI=1S/C18H23N3O4/c1-11-17(12(2)25-20-11)15-6-5-9-21(15)18(22)19-14-8-7-13(23-3)10-16(14)24-4/h7-8,10,15H,5-6,9H2,1-4H3,(H,19,22). The van der Waals surface area contributed by atoms with E-state index >= 15 is 0 Å². The molecular formula is C18H23N3O4. The van der Waals surface area contributed by atoms with Gasteiger partial charge in [0.25, 0.3) is 0 Å². The van der Waals surface area contributed by atoms with Crippen LogP contribution < -0.4 is 14.8 Å².